The standard InChI is InChI=1S/C18H13F2NO4/c1-9-17(25-10(2)22)13-8-12(23)4-6-16(13)21(9)18(24)11-3-5-14(19)15(20)7-11/h3-8,23H,1-2H3. The number of carbonyl (C=O) groups excluding carboxylic acids is 2. The van der Waals surface area contributed by atoms with Crippen molar-refractivity contribution in [2.45, 2.75) is 13.8 Å². The highest BCUT2D eigenvalue weighted by atomic mass is 19.2. The number of ether oxygens (including phenoxy) is 1. The molecule has 128 valence electrons. The quantitative estimate of drug-likeness (QED) is 0.721. The number of hydrogen-bond donors (Lipinski definition) is 1. The van der Waals surface area contributed by atoms with E-state index in [1.54, 1.807) is 6.92 Å². The Morgan fingerprint density at radius 2 is 1.80 bits per heavy atom. The number of fused-ring (bicyclic) bond motifs is 1. The molecule has 0 radical (unpaired) electrons. The number of phenols is 1. The molecule has 0 aliphatic carbocycles. The number of esters is 1. The zero-order valence-corrected chi connectivity index (χ0v) is 13.3. The fourth-order valence-electron chi connectivity index (χ4n) is 2.67. The van der Waals surface area contributed by atoms with Crippen molar-refractivity contribution < 1.29 is 28.2 Å². The Morgan fingerprint density at radius 3 is 2.44 bits per heavy atom. The zero-order chi connectivity index (χ0) is 18.3. The van der Waals surface area contributed by atoms with Gasteiger partial charge in [0.1, 0.15) is 5.75 Å². The van der Waals surface area contributed by atoms with E-state index in [1.807, 2.05) is 0 Å². The van der Waals surface area contributed by atoms with Crippen LogP contribution in [0.5, 0.6) is 11.5 Å². The number of nitrogens with zero attached hydrogens (tertiary/aromatic N) is 1. The van der Waals surface area contributed by atoms with Gasteiger partial charge in [0.2, 0.25) is 0 Å². The number of aromatic hydroxyl groups is 1. The average molecular weight is 345 g/mol. The molecule has 5 nitrogen and oxygen atoms in total. The van der Waals surface area contributed by atoms with Crippen molar-refractivity contribution in [3.8, 4) is 11.5 Å². The van der Waals surface area contributed by atoms with Gasteiger partial charge in [-0.3, -0.25) is 14.2 Å². The van der Waals surface area contributed by atoms with Crippen LogP contribution in [0.3, 0.4) is 0 Å². The van der Waals surface area contributed by atoms with Crippen LogP contribution in [0.15, 0.2) is 36.4 Å². The monoisotopic (exact) mass is 345 g/mol. The Kier molecular flexibility index (Phi) is 4.00. The van der Waals surface area contributed by atoms with Gasteiger partial charge < -0.3 is 9.84 Å². The smallest absolute Gasteiger partial charge is 0.308 e. The van der Waals surface area contributed by atoms with Crippen LogP contribution in [-0.4, -0.2) is 21.6 Å². The number of rotatable bonds is 2. The first-order valence-corrected chi connectivity index (χ1v) is 7.31. The largest absolute Gasteiger partial charge is 0.508 e. The van der Waals surface area contributed by atoms with E-state index in [-0.39, 0.29) is 17.1 Å². The predicted molar refractivity (Wildman–Crippen MR) is 85.7 cm³/mol. The first kappa shape index (κ1) is 16.6. The SMILES string of the molecule is CC(=O)Oc1c(C)n(C(=O)c2ccc(F)c(F)c2)c2ccc(O)cc12. The van der Waals surface area contributed by atoms with Gasteiger partial charge in [0.15, 0.2) is 17.4 Å². The zero-order valence-electron chi connectivity index (χ0n) is 13.3. The maximum Gasteiger partial charge on any atom is 0.308 e. The molecule has 0 amide bonds. The van der Waals surface area contributed by atoms with Crippen molar-refractivity contribution in [2.75, 3.05) is 0 Å². The lowest BCUT2D eigenvalue weighted by Crippen LogP contribution is -2.14. The Morgan fingerprint density at radius 1 is 1.08 bits per heavy atom. The van der Waals surface area contributed by atoms with Gasteiger partial charge >= 0.3 is 5.97 Å². The second-order valence-electron chi connectivity index (χ2n) is 5.48. The molecule has 0 aliphatic heterocycles. The summed E-state index contributed by atoms with van der Waals surface area (Å²) in [6, 6.07) is 7.03. The summed E-state index contributed by atoms with van der Waals surface area (Å²) in [5, 5.41) is 10.0. The molecule has 2 aromatic carbocycles. The Balaban J connectivity index is 2.24. The molecule has 1 aromatic heterocycles. The maximum atomic E-state index is 13.5. The second-order valence-corrected chi connectivity index (χ2v) is 5.48. The van der Waals surface area contributed by atoms with Gasteiger partial charge in [0.05, 0.1) is 11.2 Å². The van der Waals surface area contributed by atoms with Crippen molar-refractivity contribution in [3.05, 3.63) is 59.3 Å². The van der Waals surface area contributed by atoms with Crippen LogP contribution in [0.1, 0.15) is 23.0 Å². The number of halogens is 2. The molecule has 1 N–H and O–H groups in total. The van der Waals surface area contributed by atoms with Crippen LogP contribution in [0.4, 0.5) is 8.78 Å². The van der Waals surface area contributed by atoms with Gasteiger partial charge in [-0.1, -0.05) is 0 Å². The molecule has 0 saturated heterocycles. The summed E-state index contributed by atoms with van der Waals surface area (Å²) in [4.78, 5) is 24.2. The van der Waals surface area contributed by atoms with E-state index < -0.39 is 23.5 Å². The van der Waals surface area contributed by atoms with Gasteiger partial charge in [0, 0.05) is 17.9 Å². The van der Waals surface area contributed by atoms with E-state index in [9.17, 15) is 23.5 Å². The highest BCUT2D eigenvalue weighted by Crippen LogP contribution is 2.35. The third-order valence-corrected chi connectivity index (χ3v) is 3.75. The molecule has 7 heteroatoms. The minimum atomic E-state index is -1.14. The summed E-state index contributed by atoms with van der Waals surface area (Å²) >= 11 is 0. The molecule has 0 spiro atoms. The van der Waals surface area contributed by atoms with E-state index in [4.69, 9.17) is 4.74 Å². The Hall–Kier alpha value is -3.22. The van der Waals surface area contributed by atoms with Gasteiger partial charge in [-0.05, 0) is 43.3 Å². The molecule has 0 unspecified atom stereocenters. The van der Waals surface area contributed by atoms with E-state index in [1.165, 1.54) is 29.7 Å². The number of benzene rings is 2. The van der Waals surface area contributed by atoms with Crippen LogP contribution in [-0.2, 0) is 4.79 Å². The number of aromatic nitrogens is 1. The second kappa shape index (κ2) is 6.01. The molecule has 3 rings (SSSR count). The summed E-state index contributed by atoms with van der Waals surface area (Å²) in [7, 11) is 0. The summed E-state index contributed by atoms with van der Waals surface area (Å²) < 4.78 is 33.0. The van der Waals surface area contributed by atoms with Crippen LogP contribution < -0.4 is 4.74 Å². The summed E-state index contributed by atoms with van der Waals surface area (Å²) in [6.07, 6.45) is 0. The molecule has 0 fully saturated rings. The maximum absolute atomic E-state index is 13.5. The van der Waals surface area contributed by atoms with Crippen molar-refractivity contribution in [3.63, 3.8) is 0 Å². The predicted octanol–water partition coefficient (Wildman–Crippen LogP) is 3.55. The lowest BCUT2D eigenvalue weighted by molar-refractivity contribution is -0.131. The lowest BCUT2D eigenvalue weighted by atomic mass is 10.2. The third kappa shape index (κ3) is 2.84. The number of carbonyl (C=O) groups is 2. The normalized spacial score (nSPS) is 10.9. The molecule has 0 aliphatic rings. The molecule has 0 bridgehead atoms. The number of hydrogen-bond acceptors (Lipinski definition) is 4. The molecule has 0 atom stereocenters. The first-order valence-electron chi connectivity index (χ1n) is 7.31. The van der Waals surface area contributed by atoms with Gasteiger partial charge in [-0.2, -0.15) is 0 Å². The van der Waals surface area contributed by atoms with Crippen molar-refractivity contribution >= 4 is 22.8 Å². The van der Waals surface area contributed by atoms with E-state index in [0.29, 0.717) is 16.6 Å². The van der Waals surface area contributed by atoms with Crippen molar-refractivity contribution in [1.82, 2.24) is 4.57 Å². The third-order valence-electron chi connectivity index (χ3n) is 3.75. The molecule has 0 saturated carbocycles. The molecule has 1 heterocycles. The Labute approximate surface area is 141 Å². The van der Waals surface area contributed by atoms with E-state index in [2.05, 4.69) is 0 Å². The lowest BCUT2D eigenvalue weighted by Gasteiger charge is -2.07. The molecular weight excluding hydrogens is 332 g/mol. The fraction of sp³-hybridized carbons (Fsp3) is 0.111. The Bertz CT molecular complexity index is 1020. The van der Waals surface area contributed by atoms with Crippen molar-refractivity contribution in [1.29, 1.82) is 0 Å². The molecule has 3 aromatic rings. The summed E-state index contributed by atoms with van der Waals surface area (Å²) in [5.41, 5.74) is 0.591. The highest BCUT2D eigenvalue weighted by Gasteiger charge is 2.23. The average Bonchev–Trinajstić information content (AvgIpc) is 2.81. The summed E-state index contributed by atoms with van der Waals surface area (Å²) in [6.45, 7) is 2.76. The van der Waals surface area contributed by atoms with E-state index in [0.717, 1.165) is 18.2 Å². The van der Waals surface area contributed by atoms with Crippen LogP contribution in [0, 0.1) is 18.6 Å². The topological polar surface area (TPSA) is 68.5 Å². The minimum absolute atomic E-state index is 0.0682. The van der Waals surface area contributed by atoms with E-state index >= 15 is 0 Å². The van der Waals surface area contributed by atoms with Crippen LogP contribution in [0.2, 0.25) is 0 Å². The molecular formula is C18H13F2NO4. The van der Waals surface area contributed by atoms with Gasteiger partial charge in [-0.15, -0.1) is 0 Å². The van der Waals surface area contributed by atoms with Crippen molar-refractivity contribution in [2.24, 2.45) is 0 Å². The summed E-state index contributed by atoms with van der Waals surface area (Å²) in [5.74, 6) is -3.36. The van der Waals surface area contributed by atoms with Crippen LogP contribution >= 0.6 is 0 Å². The highest BCUT2D eigenvalue weighted by molar-refractivity contribution is 6.05. The fourth-order valence-corrected chi connectivity index (χ4v) is 2.67. The first-order chi connectivity index (χ1) is 11.8. The van der Waals surface area contributed by atoms with Gasteiger partial charge in [0.25, 0.3) is 5.91 Å². The van der Waals surface area contributed by atoms with Gasteiger partial charge in [-0.25, -0.2) is 8.78 Å². The number of phenolic OH excluding ortho intramolecular Hbond substituents is 1. The minimum Gasteiger partial charge on any atom is -0.508 e. The molecule has 25 heavy (non-hydrogen) atoms. The van der Waals surface area contributed by atoms with Crippen LogP contribution in [0.25, 0.3) is 10.9 Å².